The van der Waals surface area contributed by atoms with E-state index in [1.54, 1.807) is 0 Å². The van der Waals surface area contributed by atoms with Crippen molar-refractivity contribution >= 4 is 87.5 Å². The van der Waals surface area contributed by atoms with Crippen LogP contribution in [0.2, 0.25) is 0 Å². The monoisotopic (exact) mass is 639 g/mol. The predicted molar refractivity (Wildman–Crippen MR) is 204 cm³/mol. The molecule has 0 unspecified atom stereocenters. The van der Waals surface area contributed by atoms with Gasteiger partial charge >= 0.3 is 0 Å². The number of aromatic nitrogens is 3. The molecule has 0 N–H and O–H groups in total. The molecule has 0 spiro atoms. The van der Waals surface area contributed by atoms with Crippen molar-refractivity contribution in [2.75, 3.05) is 0 Å². The highest BCUT2D eigenvalue weighted by molar-refractivity contribution is 6.19. The van der Waals surface area contributed by atoms with E-state index in [0.717, 1.165) is 92.9 Å². The van der Waals surface area contributed by atoms with Gasteiger partial charge in [0.25, 0.3) is 0 Å². The van der Waals surface area contributed by atoms with Crippen molar-refractivity contribution in [3.8, 4) is 22.5 Å². The molecule has 50 heavy (non-hydrogen) atoms. The van der Waals surface area contributed by atoms with E-state index in [4.69, 9.17) is 23.8 Å². The van der Waals surface area contributed by atoms with Gasteiger partial charge in [0, 0.05) is 37.9 Å². The summed E-state index contributed by atoms with van der Waals surface area (Å²) in [7, 11) is 0. The van der Waals surface area contributed by atoms with E-state index in [1.807, 2.05) is 60.7 Å². The Kier molecular flexibility index (Phi) is 5.60. The lowest BCUT2D eigenvalue weighted by Crippen LogP contribution is -1.94. The highest BCUT2D eigenvalue weighted by atomic mass is 16.3. The van der Waals surface area contributed by atoms with Gasteiger partial charge in [-0.3, -0.25) is 0 Å². The summed E-state index contributed by atoms with van der Waals surface area (Å²) in [5, 5.41) is 10.4. The Hall–Kier alpha value is -6.85. The molecule has 4 heterocycles. The third-order valence-electron chi connectivity index (χ3n) is 9.86. The van der Waals surface area contributed by atoms with E-state index < -0.39 is 0 Å². The quantitative estimate of drug-likeness (QED) is 0.188. The zero-order chi connectivity index (χ0) is 32.8. The Morgan fingerprint density at radius 1 is 0.320 bits per heavy atom. The first-order valence-electron chi connectivity index (χ1n) is 16.7. The van der Waals surface area contributed by atoms with Gasteiger partial charge in [-0.2, -0.15) is 0 Å². The number of hydrogen-bond donors (Lipinski definition) is 0. The summed E-state index contributed by atoms with van der Waals surface area (Å²) in [5.41, 5.74) is 7.56. The second-order valence-corrected chi connectivity index (χ2v) is 12.8. The zero-order valence-electron chi connectivity index (χ0n) is 26.6. The Bertz CT molecular complexity index is 3210. The lowest BCUT2D eigenvalue weighted by Gasteiger charge is -2.07. The summed E-state index contributed by atoms with van der Waals surface area (Å²) in [6.45, 7) is 0. The number of rotatable bonds is 2. The van der Waals surface area contributed by atoms with Crippen LogP contribution in [0.5, 0.6) is 0 Å². The summed E-state index contributed by atoms with van der Waals surface area (Å²) in [4.78, 5) is 15.4. The topological polar surface area (TPSA) is 65.0 Å². The molecule has 4 aromatic heterocycles. The molecule has 0 aliphatic rings. The summed E-state index contributed by atoms with van der Waals surface area (Å²) >= 11 is 0. The van der Waals surface area contributed by atoms with Crippen molar-refractivity contribution in [3.63, 3.8) is 0 Å². The molecule has 11 aromatic rings. The van der Waals surface area contributed by atoms with E-state index in [-0.39, 0.29) is 0 Å². The van der Waals surface area contributed by atoms with Crippen LogP contribution in [-0.4, -0.2) is 15.0 Å². The van der Waals surface area contributed by atoms with Crippen molar-refractivity contribution in [3.05, 3.63) is 152 Å². The minimum absolute atomic E-state index is 0.597. The van der Waals surface area contributed by atoms with Gasteiger partial charge in [-0.15, -0.1) is 0 Å². The number of benzene rings is 7. The van der Waals surface area contributed by atoms with Gasteiger partial charge in [-0.25, -0.2) is 15.0 Å². The van der Waals surface area contributed by atoms with E-state index in [9.17, 15) is 0 Å². The highest BCUT2D eigenvalue weighted by Crippen LogP contribution is 2.38. The highest BCUT2D eigenvalue weighted by Gasteiger charge is 2.15. The maximum atomic E-state index is 6.40. The number of furan rings is 2. The minimum Gasteiger partial charge on any atom is -0.456 e. The molecule has 0 aliphatic heterocycles. The third-order valence-corrected chi connectivity index (χ3v) is 9.86. The molecule has 7 aromatic carbocycles. The van der Waals surface area contributed by atoms with Crippen LogP contribution in [0.25, 0.3) is 110 Å². The molecule has 5 nitrogen and oxygen atoms in total. The van der Waals surface area contributed by atoms with Gasteiger partial charge in [0.1, 0.15) is 22.3 Å². The van der Waals surface area contributed by atoms with Crippen LogP contribution in [-0.2, 0) is 0 Å². The first kappa shape index (κ1) is 27.1. The first-order chi connectivity index (χ1) is 24.7. The lowest BCUT2D eigenvalue weighted by atomic mass is 9.98. The lowest BCUT2D eigenvalue weighted by molar-refractivity contribution is 0.669. The molecule has 0 saturated heterocycles. The van der Waals surface area contributed by atoms with Crippen molar-refractivity contribution in [2.24, 2.45) is 0 Å². The number of para-hydroxylation sites is 1. The number of fused-ring (bicyclic) bond motifs is 13. The van der Waals surface area contributed by atoms with Gasteiger partial charge in [-0.05, 0) is 87.3 Å². The predicted octanol–water partition coefficient (Wildman–Crippen LogP) is 12.2. The average molecular weight is 640 g/mol. The Labute approximate surface area is 284 Å². The van der Waals surface area contributed by atoms with Crippen LogP contribution in [0.15, 0.2) is 160 Å². The second kappa shape index (κ2) is 10.3. The van der Waals surface area contributed by atoms with Gasteiger partial charge in [0.15, 0.2) is 17.1 Å². The molecule has 11 rings (SSSR count). The summed E-state index contributed by atoms with van der Waals surface area (Å²) < 4.78 is 12.7. The van der Waals surface area contributed by atoms with Crippen LogP contribution in [0, 0.1) is 0 Å². The summed E-state index contributed by atoms with van der Waals surface area (Å²) in [5.74, 6) is 0.613. The Balaban J connectivity index is 1.34. The molecule has 0 aliphatic carbocycles. The van der Waals surface area contributed by atoms with Gasteiger partial charge in [0.05, 0.1) is 0 Å². The molecule has 0 saturated carbocycles. The van der Waals surface area contributed by atoms with Crippen LogP contribution >= 0.6 is 0 Å². The fourth-order valence-electron chi connectivity index (χ4n) is 7.49. The number of hydrogen-bond acceptors (Lipinski definition) is 5. The van der Waals surface area contributed by atoms with E-state index in [0.29, 0.717) is 17.1 Å². The molecule has 0 atom stereocenters. The fraction of sp³-hybridized carbons (Fsp3) is 0. The minimum atomic E-state index is 0.597. The molecule has 5 heteroatoms. The van der Waals surface area contributed by atoms with Crippen molar-refractivity contribution < 1.29 is 8.83 Å². The van der Waals surface area contributed by atoms with Crippen molar-refractivity contribution in [1.82, 2.24) is 15.0 Å². The van der Waals surface area contributed by atoms with Crippen LogP contribution in [0.4, 0.5) is 0 Å². The fourth-order valence-corrected chi connectivity index (χ4v) is 7.49. The normalized spacial score (nSPS) is 12.0. The zero-order valence-corrected chi connectivity index (χ0v) is 26.6. The molecule has 0 fully saturated rings. The van der Waals surface area contributed by atoms with E-state index >= 15 is 0 Å². The van der Waals surface area contributed by atoms with Crippen molar-refractivity contribution in [1.29, 1.82) is 0 Å². The number of nitrogens with zero attached hydrogens (tertiary/aromatic N) is 3. The second-order valence-electron chi connectivity index (χ2n) is 12.8. The SMILES string of the molecule is c1ccc(-c2nc3nc(n2)c2cccc4oc5ccc(cc5c42)c2ccccc2c2cc(-c4ccc5c(c4)oc4ccccc45)cc3c2)cc1. The van der Waals surface area contributed by atoms with Crippen LogP contribution in [0.3, 0.4) is 0 Å². The molecule has 232 valence electrons. The average Bonchev–Trinajstić information content (AvgIpc) is 3.75. The maximum absolute atomic E-state index is 6.40. The first-order valence-corrected chi connectivity index (χ1v) is 16.7. The molecule has 0 amide bonds. The molecule has 0 radical (unpaired) electrons. The maximum Gasteiger partial charge on any atom is 0.164 e. The third kappa shape index (κ3) is 4.10. The van der Waals surface area contributed by atoms with Crippen LogP contribution < -0.4 is 0 Å². The van der Waals surface area contributed by atoms with Gasteiger partial charge in [-0.1, -0.05) is 97.1 Å². The Morgan fingerprint density at radius 2 is 1.00 bits per heavy atom. The standard InChI is InChI=1S/C45H25N3O2/c1-2-9-26(10-3-1)43-46-44-31-22-29(27-17-19-35-34-13-6-7-15-38(34)50-41(35)25-27)21-30(23-31)33-12-5-4-11-32(33)28-18-20-39-37(24-28)42-36(45(47-43)48-44)14-8-16-40(42)49-39/h1-25H. The van der Waals surface area contributed by atoms with E-state index in [2.05, 4.69) is 91.0 Å². The van der Waals surface area contributed by atoms with Gasteiger partial charge < -0.3 is 8.83 Å². The van der Waals surface area contributed by atoms with Crippen molar-refractivity contribution in [2.45, 2.75) is 0 Å². The largest absolute Gasteiger partial charge is 0.456 e. The van der Waals surface area contributed by atoms with E-state index in [1.165, 1.54) is 0 Å². The molecule has 6 bridgehead atoms. The molecular weight excluding hydrogens is 615 g/mol. The van der Waals surface area contributed by atoms with Crippen LogP contribution in [0.1, 0.15) is 0 Å². The Morgan fingerprint density at radius 3 is 1.90 bits per heavy atom. The smallest absolute Gasteiger partial charge is 0.164 e. The molecular formula is C45H25N3O2. The van der Waals surface area contributed by atoms with Gasteiger partial charge in [0.2, 0.25) is 0 Å². The summed E-state index contributed by atoms with van der Waals surface area (Å²) in [6, 6.07) is 52.5. The summed E-state index contributed by atoms with van der Waals surface area (Å²) in [6.07, 6.45) is 0.